The van der Waals surface area contributed by atoms with Crippen LogP contribution in [0.1, 0.15) is 42.9 Å². The summed E-state index contributed by atoms with van der Waals surface area (Å²) in [7, 11) is 0. The molecule has 0 atom stereocenters. The monoisotopic (exact) mass is 404 g/mol. The van der Waals surface area contributed by atoms with Gasteiger partial charge >= 0.3 is 0 Å². The molecule has 6 rings (SSSR count). The second kappa shape index (κ2) is 7.35. The topological polar surface area (TPSA) is 38.9 Å². The van der Waals surface area contributed by atoms with Gasteiger partial charge in [-0.3, -0.25) is 4.98 Å². The number of aryl methyl sites for hydroxylation is 1. The highest BCUT2D eigenvalue weighted by molar-refractivity contribution is 6.08. The van der Waals surface area contributed by atoms with Gasteiger partial charge in [0, 0.05) is 28.2 Å². The van der Waals surface area contributed by atoms with Crippen molar-refractivity contribution in [1.82, 2.24) is 9.97 Å². The molecule has 0 aliphatic heterocycles. The number of hydrogen-bond acceptors (Lipinski definition) is 3. The van der Waals surface area contributed by atoms with Gasteiger partial charge in [-0.05, 0) is 72.7 Å². The van der Waals surface area contributed by atoms with Gasteiger partial charge in [0.15, 0.2) is 0 Å². The average molecular weight is 405 g/mol. The third-order valence-electron chi connectivity index (χ3n) is 6.59. The molecule has 0 radical (unpaired) electrons. The van der Waals surface area contributed by atoms with E-state index >= 15 is 0 Å². The Morgan fingerprint density at radius 1 is 0.839 bits per heavy atom. The lowest BCUT2D eigenvalue weighted by Gasteiger charge is -2.12. The zero-order valence-corrected chi connectivity index (χ0v) is 17.6. The van der Waals surface area contributed by atoms with Crippen molar-refractivity contribution in [3.63, 3.8) is 0 Å². The van der Waals surface area contributed by atoms with Crippen LogP contribution in [0, 0.1) is 6.92 Å². The molecule has 2 aromatic carbocycles. The molecule has 3 nitrogen and oxygen atoms in total. The van der Waals surface area contributed by atoms with Crippen LogP contribution in [-0.2, 0) is 0 Å². The lowest BCUT2D eigenvalue weighted by molar-refractivity contribution is 0.653. The Balaban J connectivity index is 1.46. The first kappa shape index (κ1) is 18.3. The minimum Gasteiger partial charge on any atom is -0.437 e. The van der Waals surface area contributed by atoms with Crippen molar-refractivity contribution in [1.29, 1.82) is 0 Å². The van der Waals surface area contributed by atoms with Crippen molar-refractivity contribution in [3.05, 3.63) is 84.2 Å². The van der Waals surface area contributed by atoms with E-state index in [0.717, 1.165) is 33.3 Å². The van der Waals surface area contributed by atoms with E-state index in [1.54, 1.807) is 0 Å². The van der Waals surface area contributed by atoms with Crippen molar-refractivity contribution in [2.45, 2.75) is 38.5 Å². The maximum absolute atomic E-state index is 6.20. The lowest BCUT2D eigenvalue weighted by Crippen LogP contribution is -1.93. The first-order chi connectivity index (χ1) is 15.3. The summed E-state index contributed by atoms with van der Waals surface area (Å²) in [6.07, 6.45) is 7.23. The van der Waals surface area contributed by atoms with E-state index in [1.165, 1.54) is 42.4 Å². The average Bonchev–Trinajstić information content (AvgIpc) is 3.47. The highest BCUT2D eigenvalue weighted by Gasteiger charge is 2.18. The van der Waals surface area contributed by atoms with Crippen LogP contribution in [0.3, 0.4) is 0 Å². The quantitative estimate of drug-likeness (QED) is 0.309. The molecule has 1 aliphatic rings. The molecule has 31 heavy (non-hydrogen) atoms. The fourth-order valence-electron chi connectivity index (χ4n) is 4.96. The van der Waals surface area contributed by atoms with Crippen molar-refractivity contribution < 1.29 is 4.42 Å². The Hall–Kier alpha value is -3.46. The van der Waals surface area contributed by atoms with Gasteiger partial charge in [-0.2, -0.15) is 0 Å². The fourth-order valence-corrected chi connectivity index (χ4v) is 4.96. The molecule has 1 saturated carbocycles. The van der Waals surface area contributed by atoms with Gasteiger partial charge in [0.2, 0.25) is 5.71 Å². The van der Waals surface area contributed by atoms with Crippen LogP contribution < -0.4 is 0 Å². The molecule has 0 bridgehead atoms. The molecule has 1 fully saturated rings. The number of furan rings is 1. The molecule has 0 spiro atoms. The van der Waals surface area contributed by atoms with E-state index in [2.05, 4.69) is 65.6 Å². The van der Waals surface area contributed by atoms with Gasteiger partial charge in [-0.1, -0.05) is 49.2 Å². The van der Waals surface area contributed by atoms with Crippen molar-refractivity contribution in [3.8, 4) is 22.4 Å². The van der Waals surface area contributed by atoms with Gasteiger partial charge in [0.1, 0.15) is 5.58 Å². The number of pyridine rings is 2. The summed E-state index contributed by atoms with van der Waals surface area (Å²) >= 11 is 0. The van der Waals surface area contributed by atoms with Crippen LogP contribution in [0.4, 0.5) is 0 Å². The second-order valence-electron chi connectivity index (χ2n) is 8.63. The standard InChI is InChI=1S/C28H24N2O/c1-18-12-13-24-23-10-5-11-25(27(23)31-28(24)30-18)26-17-22(14-15-29-26)21-9-4-8-20(16-21)19-6-2-3-7-19/h4-5,8-17,19H,2-3,6-7H2,1H3. The van der Waals surface area contributed by atoms with Gasteiger partial charge < -0.3 is 4.42 Å². The molecule has 1 aliphatic carbocycles. The number of benzene rings is 2. The highest BCUT2D eigenvalue weighted by atomic mass is 16.3. The van der Waals surface area contributed by atoms with E-state index in [-0.39, 0.29) is 0 Å². The van der Waals surface area contributed by atoms with Crippen LogP contribution in [-0.4, -0.2) is 9.97 Å². The smallest absolute Gasteiger partial charge is 0.227 e. The number of nitrogens with zero attached hydrogens (tertiary/aromatic N) is 2. The second-order valence-corrected chi connectivity index (χ2v) is 8.63. The summed E-state index contributed by atoms with van der Waals surface area (Å²) in [6, 6.07) is 23.7. The summed E-state index contributed by atoms with van der Waals surface area (Å²) in [4.78, 5) is 9.27. The summed E-state index contributed by atoms with van der Waals surface area (Å²) in [5.41, 5.74) is 8.31. The summed E-state index contributed by atoms with van der Waals surface area (Å²) in [5, 5.41) is 2.12. The first-order valence-electron chi connectivity index (χ1n) is 11.1. The van der Waals surface area contributed by atoms with E-state index < -0.39 is 0 Å². The molecule has 152 valence electrons. The molecular formula is C28H24N2O. The molecule has 5 aromatic rings. The van der Waals surface area contributed by atoms with Gasteiger partial charge in [-0.15, -0.1) is 0 Å². The largest absolute Gasteiger partial charge is 0.437 e. The molecule has 0 N–H and O–H groups in total. The molecule has 3 aromatic heterocycles. The number of para-hydroxylation sites is 1. The molecule has 3 heterocycles. The van der Waals surface area contributed by atoms with Crippen LogP contribution in [0.15, 0.2) is 77.3 Å². The Morgan fingerprint density at radius 2 is 1.68 bits per heavy atom. The van der Waals surface area contributed by atoms with Gasteiger partial charge in [0.25, 0.3) is 0 Å². The Morgan fingerprint density at radius 3 is 2.58 bits per heavy atom. The molecular weight excluding hydrogens is 380 g/mol. The van der Waals surface area contributed by atoms with Crippen molar-refractivity contribution in [2.75, 3.05) is 0 Å². The SMILES string of the molecule is Cc1ccc2c(n1)oc1c(-c3cc(-c4cccc(C5CCCC5)c4)ccn3)cccc12. The third kappa shape index (κ3) is 3.21. The van der Waals surface area contributed by atoms with E-state index in [1.807, 2.05) is 19.2 Å². The maximum atomic E-state index is 6.20. The minimum absolute atomic E-state index is 0.683. The summed E-state index contributed by atoms with van der Waals surface area (Å²) in [6.45, 7) is 1.98. The molecule has 0 saturated heterocycles. The Bertz CT molecular complexity index is 1410. The summed E-state index contributed by atoms with van der Waals surface area (Å²) < 4.78 is 6.20. The predicted octanol–water partition coefficient (Wildman–Crippen LogP) is 7.68. The van der Waals surface area contributed by atoms with Crippen molar-refractivity contribution in [2.24, 2.45) is 0 Å². The zero-order valence-electron chi connectivity index (χ0n) is 17.6. The number of fused-ring (bicyclic) bond motifs is 3. The lowest BCUT2D eigenvalue weighted by atomic mass is 9.94. The fraction of sp³-hybridized carbons (Fsp3) is 0.214. The first-order valence-corrected chi connectivity index (χ1v) is 11.1. The van der Waals surface area contributed by atoms with Crippen LogP contribution in [0.25, 0.3) is 44.5 Å². The zero-order chi connectivity index (χ0) is 20.8. The maximum Gasteiger partial charge on any atom is 0.227 e. The van der Waals surface area contributed by atoms with Crippen LogP contribution >= 0.6 is 0 Å². The highest BCUT2D eigenvalue weighted by Crippen LogP contribution is 2.37. The molecule has 0 unspecified atom stereocenters. The van der Waals surface area contributed by atoms with Gasteiger partial charge in [-0.25, -0.2) is 4.98 Å². The number of hydrogen-bond donors (Lipinski definition) is 0. The Kier molecular flexibility index (Phi) is 4.34. The number of aromatic nitrogens is 2. The molecule has 0 amide bonds. The van der Waals surface area contributed by atoms with Crippen LogP contribution in [0.2, 0.25) is 0 Å². The van der Waals surface area contributed by atoms with E-state index in [4.69, 9.17) is 9.40 Å². The minimum atomic E-state index is 0.683. The van der Waals surface area contributed by atoms with E-state index in [9.17, 15) is 0 Å². The predicted molar refractivity (Wildman–Crippen MR) is 126 cm³/mol. The van der Waals surface area contributed by atoms with Crippen molar-refractivity contribution >= 4 is 22.1 Å². The number of rotatable bonds is 3. The Labute approximate surface area is 181 Å². The van der Waals surface area contributed by atoms with E-state index in [0.29, 0.717) is 11.6 Å². The normalized spacial score (nSPS) is 14.6. The third-order valence-corrected chi connectivity index (χ3v) is 6.59. The molecule has 3 heteroatoms. The summed E-state index contributed by atoms with van der Waals surface area (Å²) in [5.74, 6) is 0.710. The van der Waals surface area contributed by atoms with Crippen LogP contribution in [0.5, 0.6) is 0 Å². The van der Waals surface area contributed by atoms with Gasteiger partial charge in [0.05, 0.1) is 5.69 Å².